The maximum absolute atomic E-state index is 13.9. The highest BCUT2D eigenvalue weighted by molar-refractivity contribution is 6.32. The van der Waals surface area contributed by atoms with Gasteiger partial charge in [0.25, 0.3) is 0 Å². The molecule has 2 aromatic carbocycles. The summed E-state index contributed by atoms with van der Waals surface area (Å²) in [6.45, 7) is 3.73. The summed E-state index contributed by atoms with van der Waals surface area (Å²) in [6.07, 6.45) is 0. The normalized spacial score (nSPS) is 12.2. The molecule has 106 valence electrons. The van der Waals surface area contributed by atoms with Gasteiger partial charge in [0.05, 0.1) is 5.02 Å². The summed E-state index contributed by atoms with van der Waals surface area (Å²) in [6, 6.07) is 10.7. The lowest BCUT2D eigenvalue weighted by molar-refractivity contribution is 0.440. The number of nitrogens with one attached hydrogen (secondary N) is 1. The minimum Gasteiger partial charge on any atom is -0.453 e. The van der Waals surface area contributed by atoms with Crippen molar-refractivity contribution in [1.82, 2.24) is 5.32 Å². The molecule has 1 unspecified atom stereocenters. The van der Waals surface area contributed by atoms with E-state index in [0.29, 0.717) is 16.3 Å². The van der Waals surface area contributed by atoms with Gasteiger partial charge in [-0.2, -0.15) is 0 Å². The van der Waals surface area contributed by atoms with Gasteiger partial charge in [-0.15, -0.1) is 0 Å². The SMILES string of the molecule is CNC(C)c1ccc(Oc2cccc(C)c2F)c(Cl)c1. The lowest BCUT2D eigenvalue weighted by atomic mass is 10.1. The molecular formula is C16H17ClFNO. The molecule has 0 aliphatic heterocycles. The van der Waals surface area contributed by atoms with Gasteiger partial charge < -0.3 is 10.1 Å². The second-order valence-electron chi connectivity index (χ2n) is 4.69. The molecule has 0 saturated heterocycles. The average Bonchev–Trinajstić information content (AvgIpc) is 2.45. The summed E-state index contributed by atoms with van der Waals surface area (Å²) in [5, 5.41) is 3.60. The first-order valence-corrected chi connectivity index (χ1v) is 6.80. The third-order valence-corrected chi connectivity index (χ3v) is 3.56. The lowest BCUT2D eigenvalue weighted by Crippen LogP contribution is -2.12. The average molecular weight is 294 g/mol. The molecule has 0 spiro atoms. The van der Waals surface area contributed by atoms with E-state index in [9.17, 15) is 4.39 Å². The molecule has 2 rings (SSSR count). The van der Waals surface area contributed by atoms with Crippen LogP contribution in [0.2, 0.25) is 5.02 Å². The first-order chi connectivity index (χ1) is 9.52. The van der Waals surface area contributed by atoms with Crippen LogP contribution < -0.4 is 10.1 Å². The number of hydrogen-bond acceptors (Lipinski definition) is 2. The molecule has 2 aromatic rings. The van der Waals surface area contributed by atoms with Gasteiger partial charge in [-0.05, 0) is 50.2 Å². The molecule has 0 amide bonds. The summed E-state index contributed by atoms with van der Waals surface area (Å²) < 4.78 is 19.5. The number of halogens is 2. The lowest BCUT2D eigenvalue weighted by Gasteiger charge is -2.14. The minimum absolute atomic E-state index is 0.182. The molecule has 4 heteroatoms. The summed E-state index contributed by atoms with van der Waals surface area (Å²) in [7, 11) is 1.88. The van der Waals surface area contributed by atoms with Crippen molar-refractivity contribution in [2.24, 2.45) is 0 Å². The Morgan fingerprint density at radius 3 is 2.60 bits per heavy atom. The number of aryl methyl sites for hydroxylation is 1. The van der Waals surface area contributed by atoms with E-state index in [4.69, 9.17) is 16.3 Å². The van der Waals surface area contributed by atoms with E-state index in [2.05, 4.69) is 5.32 Å². The van der Waals surface area contributed by atoms with Crippen molar-refractivity contribution in [3.8, 4) is 11.5 Å². The van der Waals surface area contributed by atoms with E-state index in [0.717, 1.165) is 5.56 Å². The summed E-state index contributed by atoms with van der Waals surface area (Å²) in [5.41, 5.74) is 1.59. The van der Waals surface area contributed by atoms with Crippen LogP contribution in [0.5, 0.6) is 11.5 Å². The van der Waals surface area contributed by atoms with Crippen LogP contribution in [0.4, 0.5) is 4.39 Å². The molecule has 20 heavy (non-hydrogen) atoms. The van der Waals surface area contributed by atoms with E-state index in [1.165, 1.54) is 0 Å². The first-order valence-electron chi connectivity index (χ1n) is 6.42. The molecule has 0 fully saturated rings. The highest BCUT2D eigenvalue weighted by atomic mass is 35.5. The third-order valence-electron chi connectivity index (χ3n) is 3.27. The van der Waals surface area contributed by atoms with Crippen LogP contribution in [0, 0.1) is 12.7 Å². The molecule has 0 saturated carbocycles. The van der Waals surface area contributed by atoms with Crippen molar-refractivity contribution in [2.75, 3.05) is 7.05 Å². The first kappa shape index (κ1) is 14.8. The van der Waals surface area contributed by atoms with E-state index >= 15 is 0 Å². The Morgan fingerprint density at radius 2 is 1.95 bits per heavy atom. The van der Waals surface area contributed by atoms with Crippen LogP contribution >= 0.6 is 11.6 Å². The van der Waals surface area contributed by atoms with Crippen molar-refractivity contribution >= 4 is 11.6 Å². The van der Waals surface area contributed by atoms with Gasteiger partial charge in [-0.3, -0.25) is 0 Å². The molecule has 0 aromatic heterocycles. The zero-order valence-electron chi connectivity index (χ0n) is 11.7. The fourth-order valence-electron chi connectivity index (χ4n) is 1.85. The highest BCUT2D eigenvalue weighted by Gasteiger charge is 2.11. The van der Waals surface area contributed by atoms with Crippen LogP contribution in [0.1, 0.15) is 24.1 Å². The van der Waals surface area contributed by atoms with E-state index in [-0.39, 0.29) is 17.6 Å². The van der Waals surface area contributed by atoms with Crippen LogP contribution in [0.15, 0.2) is 36.4 Å². The molecule has 1 N–H and O–H groups in total. The fraction of sp³-hybridized carbons (Fsp3) is 0.250. The Morgan fingerprint density at radius 1 is 1.20 bits per heavy atom. The Hall–Kier alpha value is -1.58. The fourth-order valence-corrected chi connectivity index (χ4v) is 2.08. The van der Waals surface area contributed by atoms with Gasteiger partial charge in [0, 0.05) is 6.04 Å². The predicted molar refractivity (Wildman–Crippen MR) is 80.1 cm³/mol. The van der Waals surface area contributed by atoms with Crippen molar-refractivity contribution in [1.29, 1.82) is 0 Å². The Balaban J connectivity index is 2.28. The topological polar surface area (TPSA) is 21.3 Å². The van der Waals surface area contributed by atoms with E-state index in [1.54, 1.807) is 31.2 Å². The van der Waals surface area contributed by atoms with Gasteiger partial charge in [-0.1, -0.05) is 29.8 Å². The molecule has 2 nitrogen and oxygen atoms in total. The van der Waals surface area contributed by atoms with Gasteiger partial charge in [-0.25, -0.2) is 4.39 Å². The zero-order valence-corrected chi connectivity index (χ0v) is 12.5. The molecule has 0 aliphatic carbocycles. The standard InChI is InChI=1S/C16H17ClFNO/c1-10-5-4-6-15(16(10)18)20-14-8-7-12(9-13(14)17)11(2)19-3/h4-9,11,19H,1-3H3. The number of benzene rings is 2. The molecule has 0 aliphatic rings. The van der Waals surface area contributed by atoms with Gasteiger partial charge in [0.1, 0.15) is 5.75 Å². The predicted octanol–water partition coefficient (Wildman–Crippen LogP) is 4.86. The minimum atomic E-state index is -0.365. The largest absolute Gasteiger partial charge is 0.453 e. The second-order valence-corrected chi connectivity index (χ2v) is 5.10. The second kappa shape index (κ2) is 6.25. The highest BCUT2D eigenvalue weighted by Crippen LogP contribution is 2.33. The van der Waals surface area contributed by atoms with E-state index < -0.39 is 0 Å². The summed E-state index contributed by atoms with van der Waals surface area (Å²) >= 11 is 6.20. The van der Waals surface area contributed by atoms with E-state index in [1.807, 2.05) is 26.1 Å². The quantitative estimate of drug-likeness (QED) is 0.869. The molecule has 0 heterocycles. The Kier molecular flexibility index (Phi) is 4.63. The van der Waals surface area contributed by atoms with Crippen molar-refractivity contribution < 1.29 is 9.13 Å². The third kappa shape index (κ3) is 3.11. The maximum atomic E-state index is 13.9. The Bertz CT molecular complexity index is 615. The van der Waals surface area contributed by atoms with Crippen LogP contribution in [-0.4, -0.2) is 7.05 Å². The smallest absolute Gasteiger partial charge is 0.168 e. The van der Waals surface area contributed by atoms with Gasteiger partial charge >= 0.3 is 0 Å². The Labute approximate surface area is 123 Å². The summed E-state index contributed by atoms with van der Waals surface area (Å²) in [4.78, 5) is 0. The van der Waals surface area contributed by atoms with Crippen molar-refractivity contribution in [2.45, 2.75) is 19.9 Å². The van der Waals surface area contributed by atoms with Crippen molar-refractivity contribution in [3.05, 3.63) is 58.4 Å². The van der Waals surface area contributed by atoms with Gasteiger partial charge in [0.2, 0.25) is 0 Å². The van der Waals surface area contributed by atoms with Gasteiger partial charge in [0.15, 0.2) is 11.6 Å². The summed E-state index contributed by atoms with van der Waals surface area (Å²) in [5.74, 6) is 0.265. The van der Waals surface area contributed by atoms with Crippen LogP contribution in [0.3, 0.4) is 0 Å². The molecule has 0 radical (unpaired) electrons. The number of rotatable bonds is 4. The van der Waals surface area contributed by atoms with Crippen LogP contribution in [-0.2, 0) is 0 Å². The maximum Gasteiger partial charge on any atom is 0.168 e. The zero-order chi connectivity index (χ0) is 14.7. The molecule has 1 atom stereocenters. The van der Waals surface area contributed by atoms with Crippen molar-refractivity contribution in [3.63, 3.8) is 0 Å². The molecular weight excluding hydrogens is 277 g/mol. The number of ether oxygens (including phenoxy) is 1. The number of hydrogen-bond donors (Lipinski definition) is 1. The molecule has 0 bridgehead atoms. The monoisotopic (exact) mass is 293 g/mol. The van der Waals surface area contributed by atoms with Crippen LogP contribution in [0.25, 0.3) is 0 Å².